The summed E-state index contributed by atoms with van der Waals surface area (Å²) in [7, 11) is 0. The van der Waals surface area contributed by atoms with Gasteiger partial charge in [0.25, 0.3) is 0 Å². The number of nitrogens with one attached hydrogen (secondary N) is 1. The number of amides is 1. The van der Waals surface area contributed by atoms with Gasteiger partial charge in [0.15, 0.2) is 0 Å². The molecule has 0 saturated heterocycles. The van der Waals surface area contributed by atoms with E-state index in [1.54, 1.807) is 12.1 Å². The average molecular weight is 253 g/mol. The van der Waals surface area contributed by atoms with Gasteiger partial charge in [-0.3, -0.25) is 4.79 Å². The fraction of sp³-hybridized carbons (Fsp3) is 0.462. The number of carbonyl (C=O) groups is 1. The first-order valence-electron chi connectivity index (χ1n) is 5.96. The van der Waals surface area contributed by atoms with Gasteiger partial charge in [-0.1, -0.05) is 30.9 Å². The number of rotatable bonds is 3. The number of carbonyl (C=O) groups excluding carboxylic acids is 1. The minimum absolute atomic E-state index is 0.257. The molecule has 2 rings (SSSR count). The standard InChI is InChI=1S/C13H17ClN2O/c14-10-4-6-11(7-5-10)16-13(12(15)17)8-2-1-3-9-13/h4-7,16H,1-3,8-9H2,(H2,15,17). The largest absolute Gasteiger partial charge is 0.371 e. The van der Waals surface area contributed by atoms with Gasteiger partial charge in [0.05, 0.1) is 0 Å². The zero-order chi connectivity index (χ0) is 12.3. The molecule has 0 bridgehead atoms. The van der Waals surface area contributed by atoms with Crippen molar-refractivity contribution in [3.63, 3.8) is 0 Å². The monoisotopic (exact) mass is 252 g/mol. The number of nitrogens with two attached hydrogens (primary N) is 1. The first-order valence-corrected chi connectivity index (χ1v) is 6.34. The molecule has 1 fully saturated rings. The molecule has 0 aromatic heterocycles. The zero-order valence-corrected chi connectivity index (χ0v) is 10.5. The topological polar surface area (TPSA) is 55.1 Å². The number of benzene rings is 1. The lowest BCUT2D eigenvalue weighted by Gasteiger charge is -2.36. The maximum absolute atomic E-state index is 11.7. The van der Waals surface area contributed by atoms with Gasteiger partial charge in [0, 0.05) is 10.7 Å². The highest BCUT2D eigenvalue weighted by atomic mass is 35.5. The summed E-state index contributed by atoms with van der Waals surface area (Å²) in [6.45, 7) is 0. The summed E-state index contributed by atoms with van der Waals surface area (Å²) >= 11 is 5.83. The normalized spacial score (nSPS) is 18.6. The lowest BCUT2D eigenvalue weighted by molar-refractivity contribution is -0.123. The van der Waals surface area contributed by atoms with Crippen molar-refractivity contribution in [1.29, 1.82) is 0 Å². The molecule has 1 aromatic carbocycles. The van der Waals surface area contributed by atoms with Gasteiger partial charge in [-0.25, -0.2) is 0 Å². The molecular formula is C13H17ClN2O. The van der Waals surface area contributed by atoms with Crippen LogP contribution in [0.1, 0.15) is 32.1 Å². The van der Waals surface area contributed by atoms with Gasteiger partial charge in [0.2, 0.25) is 5.91 Å². The van der Waals surface area contributed by atoms with Gasteiger partial charge in [0.1, 0.15) is 5.54 Å². The average Bonchev–Trinajstić information content (AvgIpc) is 2.33. The van der Waals surface area contributed by atoms with E-state index in [0.717, 1.165) is 31.4 Å². The summed E-state index contributed by atoms with van der Waals surface area (Å²) in [4.78, 5) is 11.7. The molecule has 1 saturated carbocycles. The third kappa shape index (κ3) is 2.72. The Balaban J connectivity index is 2.17. The number of anilines is 1. The Morgan fingerprint density at radius 2 is 1.76 bits per heavy atom. The molecule has 17 heavy (non-hydrogen) atoms. The molecule has 0 aliphatic heterocycles. The van der Waals surface area contributed by atoms with E-state index in [1.165, 1.54) is 6.42 Å². The van der Waals surface area contributed by atoms with E-state index < -0.39 is 5.54 Å². The second-order valence-corrected chi connectivity index (χ2v) is 5.08. The third-order valence-corrected chi connectivity index (χ3v) is 3.66. The maximum atomic E-state index is 11.7. The molecule has 1 aromatic rings. The van der Waals surface area contributed by atoms with Crippen molar-refractivity contribution in [3.05, 3.63) is 29.3 Å². The fourth-order valence-corrected chi connectivity index (χ4v) is 2.52. The Bertz CT molecular complexity index is 396. The van der Waals surface area contributed by atoms with E-state index in [2.05, 4.69) is 5.32 Å². The zero-order valence-electron chi connectivity index (χ0n) is 9.71. The highest BCUT2D eigenvalue weighted by Gasteiger charge is 2.37. The molecule has 1 aliphatic carbocycles. The predicted octanol–water partition coefficient (Wildman–Crippen LogP) is 2.94. The second-order valence-electron chi connectivity index (χ2n) is 4.64. The van der Waals surface area contributed by atoms with E-state index in [1.807, 2.05) is 12.1 Å². The van der Waals surface area contributed by atoms with Gasteiger partial charge < -0.3 is 11.1 Å². The predicted molar refractivity (Wildman–Crippen MR) is 70.1 cm³/mol. The number of hydrogen-bond donors (Lipinski definition) is 2. The van der Waals surface area contributed by atoms with Crippen LogP contribution in [-0.4, -0.2) is 11.4 Å². The van der Waals surface area contributed by atoms with Gasteiger partial charge in [-0.2, -0.15) is 0 Å². The van der Waals surface area contributed by atoms with Crippen molar-refractivity contribution < 1.29 is 4.79 Å². The van der Waals surface area contributed by atoms with E-state index in [4.69, 9.17) is 17.3 Å². The Labute approximate surface area is 106 Å². The van der Waals surface area contributed by atoms with Crippen molar-refractivity contribution >= 4 is 23.2 Å². The fourth-order valence-electron chi connectivity index (χ4n) is 2.40. The Morgan fingerprint density at radius 1 is 1.18 bits per heavy atom. The summed E-state index contributed by atoms with van der Waals surface area (Å²) < 4.78 is 0. The summed E-state index contributed by atoms with van der Waals surface area (Å²) in [6.07, 6.45) is 4.89. The molecule has 3 N–H and O–H groups in total. The van der Waals surface area contributed by atoms with Crippen LogP contribution in [0.3, 0.4) is 0 Å². The first kappa shape index (κ1) is 12.2. The molecule has 92 valence electrons. The highest BCUT2D eigenvalue weighted by molar-refractivity contribution is 6.30. The van der Waals surface area contributed by atoms with Crippen LogP contribution in [0.15, 0.2) is 24.3 Å². The Kier molecular flexibility index (Phi) is 3.57. The molecule has 3 nitrogen and oxygen atoms in total. The van der Waals surface area contributed by atoms with Gasteiger partial charge >= 0.3 is 0 Å². The Hall–Kier alpha value is -1.22. The lowest BCUT2D eigenvalue weighted by Crippen LogP contribution is -2.51. The van der Waals surface area contributed by atoms with Crippen molar-refractivity contribution in [3.8, 4) is 0 Å². The molecule has 0 spiro atoms. The lowest BCUT2D eigenvalue weighted by atomic mass is 9.81. The molecule has 0 radical (unpaired) electrons. The molecule has 0 unspecified atom stereocenters. The summed E-state index contributed by atoms with van der Waals surface area (Å²) in [5.74, 6) is -0.257. The highest BCUT2D eigenvalue weighted by Crippen LogP contribution is 2.31. The van der Waals surface area contributed by atoms with Gasteiger partial charge in [-0.05, 0) is 37.1 Å². The minimum atomic E-state index is -0.577. The quantitative estimate of drug-likeness (QED) is 0.869. The Morgan fingerprint density at radius 3 is 2.29 bits per heavy atom. The van der Waals surface area contributed by atoms with Gasteiger partial charge in [-0.15, -0.1) is 0 Å². The molecule has 1 amide bonds. The van der Waals surface area contributed by atoms with Crippen LogP contribution in [0.25, 0.3) is 0 Å². The van der Waals surface area contributed by atoms with Crippen molar-refractivity contribution in [2.45, 2.75) is 37.6 Å². The smallest absolute Gasteiger partial charge is 0.243 e. The van der Waals surface area contributed by atoms with Crippen molar-refractivity contribution in [2.24, 2.45) is 5.73 Å². The summed E-state index contributed by atoms with van der Waals surface area (Å²) in [5.41, 5.74) is 5.87. The summed E-state index contributed by atoms with van der Waals surface area (Å²) in [6, 6.07) is 7.37. The van der Waals surface area contributed by atoms with Crippen LogP contribution in [-0.2, 0) is 4.79 Å². The molecule has 0 heterocycles. The van der Waals surface area contributed by atoms with E-state index in [0.29, 0.717) is 5.02 Å². The number of hydrogen-bond acceptors (Lipinski definition) is 2. The van der Waals surface area contributed by atoms with Crippen molar-refractivity contribution in [1.82, 2.24) is 0 Å². The van der Waals surface area contributed by atoms with Crippen LogP contribution in [0.4, 0.5) is 5.69 Å². The van der Waals surface area contributed by atoms with E-state index >= 15 is 0 Å². The van der Waals surface area contributed by atoms with Crippen LogP contribution >= 0.6 is 11.6 Å². The van der Waals surface area contributed by atoms with E-state index in [-0.39, 0.29) is 5.91 Å². The minimum Gasteiger partial charge on any atom is -0.371 e. The van der Waals surface area contributed by atoms with Crippen LogP contribution in [0, 0.1) is 0 Å². The van der Waals surface area contributed by atoms with E-state index in [9.17, 15) is 4.79 Å². The summed E-state index contributed by atoms with van der Waals surface area (Å²) in [5, 5.41) is 3.98. The third-order valence-electron chi connectivity index (χ3n) is 3.41. The van der Waals surface area contributed by atoms with Crippen LogP contribution < -0.4 is 11.1 Å². The molecule has 4 heteroatoms. The maximum Gasteiger partial charge on any atom is 0.243 e. The number of primary amides is 1. The SMILES string of the molecule is NC(=O)C1(Nc2ccc(Cl)cc2)CCCCC1. The van der Waals surface area contributed by atoms with Crippen LogP contribution in [0.2, 0.25) is 5.02 Å². The first-order chi connectivity index (χ1) is 8.12. The van der Waals surface area contributed by atoms with Crippen LogP contribution in [0.5, 0.6) is 0 Å². The molecule has 0 atom stereocenters. The molecule has 1 aliphatic rings. The molecular weight excluding hydrogens is 236 g/mol. The number of halogens is 1. The second kappa shape index (κ2) is 4.96. The van der Waals surface area contributed by atoms with Crippen molar-refractivity contribution in [2.75, 3.05) is 5.32 Å².